The molecule has 0 saturated carbocycles. The van der Waals surface area contributed by atoms with Crippen molar-refractivity contribution in [1.82, 2.24) is 4.98 Å². The first-order valence-corrected chi connectivity index (χ1v) is 8.47. The van der Waals surface area contributed by atoms with Gasteiger partial charge in [0.2, 0.25) is 0 Å². The van der Waals surface area contributed by atoms with Crippen LogP contribution in [0.5, 0.6) is 23.0 Å². The van der Waals surface area contributed by atoms with Crippen LogP contribution in [0.1, 0.15) is 10.4 Å². The lowest BCUT2D eigenvalue weighted by molar-refractivity contribution is 0.102. The number of ether oxygens (including phenoxy) is 4. The van der Waals surface area contributed by atoms with Crippen LogP contribution < -0.4 is 24.3 Å². The van der Waals surface area contributed by atoms with E-state index in [0.717, 1.165) is 4.70 Å². The van der Waals surface area contributed by atoms with Crippen molar-refractivity contribution in [1.29, 1.82) is 0 Å². The molecule has 2 aromatic carbocycles. The number of nitrogens with one attached hydrogen (secondary N) is 1. The molecule has 0 saturated heterocycles. The molecule has 1 amide bonds. The lowest BCUT2D eigenvalue weighted by Crippen LogP contribution is -2.11. The zero-order valence-electron chi connectivity index (χ0n) is 14.8. The Morgan fingerprint density at radius 1 is 0.885 bits per heavy atom. The first-order valence-electron chi connectivity index (χ1n) is 7.66. The average Bonchev–Trinajstić information content (AvgIpc) is 3.09. The zero-order chi connectivity index (χ0) is 18.7. The number of aromatic nitrogens is 1. The quantitative estimate of drug-likeness (QED) is 0.710. The van der Waals surface area contributed by atoms with Crippen molar-refractivity contribution in [2.45, 2.75) is 0 Å². The second-order valence-electron chi connectivity index (χ2n) is 5.19. The fourth-order valence-corrected chi connectivity index (χ4v) is 3.45. The van der Waals surface area contributed by atoms with E-state index in [1.807, 2.05) is 0 Å². The van der Waals surface area contributed by atoms with Crippen LogP contribution >= 0.6 is 11.3 Å². The Bertz CT molecular complexity index is 913. The van der Waals surface area contributed by atoms with Gasteiger partial charge in [-0.3, -0.25) is 10.1 Å². The summed E-state index contributed by atoms with van der Waals surface area (Å²) in [4.78, 5) is 17.0. The summed E-state index contributed by atoms with van der Waals surface area (Å²) in [6.07, 6.45) is 0. The van der Waals surface area contributed by atoms with E-state index in [-0.39, 0.29) is 5.91 Å². The molecule has 0 spiro atoms. The van der Waals surface area contributed by atoms with Gasteiger partial charge in [-0.1, -0.05) is 11.3 Å². The largest absolute Gasteiger partial charge is 0.495 e. The first kappa shape index (κ1) is 17.8. The number of nitrogens with zero attached hydrogens (tertiary/aromatic N) is 1. The molecule has 26 heavy (non-hydrogen) atoms. The van der Waals surface area contributed by atoms with Gasteiger partial charge in [0.1, 0.15) is 21.7 Å². The summed E-state index contributed by atoms with van der Waals surface area (Å²) in [6.45, 7) is 0. The van der Waals surface area contributed by atoms with E-state index in [0.29, 0.717) is 39.2 Å². The van der Waals surface area contributed by atoms with Crippen LogP contribution in [0.2, 0.25) is 0 Å². The topological polar surface area (TPSA) is 78.9 Å². The summed E-state index contributed by atoms with van der Waals surface area (Å²) >= 11 is 1.31. The third kappa shape index (κ3) is 3.23. The monoisotopic (exact) mass is 374 g/mol. The van der Waals surface area contributed by atoms with Crippen molar-refractivity contribution in [3.05, 3.63) is 35.9 Å². The molecule has 0 aliphatic heterocycles. The molecule has 7 nitrogen and oxygen atoms in total. The molecule has 0 aliphatic carbocycles. The predicted octanol–water partition coefficient (Wildman–Crippen LogP) is 3.58. The van der Waals surface area contributed by atoms with E-state index in [4.69, 9.17) is 18.9 Å². The Morgan fingerprint density at radius 2 is 1.50 bits per heavy atom. The fraction of sp³-hybridized carbons (Fsp3) is 0.222. The van der Waals surface area contributed by atoms with Crippen LogP contribution in [0.3, 0.4) is 0 Å². The van der Waals surface area contributed by atoms with E-state index < -0.39 is 0 Å². The van der Waals surface area contributed by atoms with E-state index in [1.165, 1.54) is 18.4 Å². The minimum absolute atomic E-state index is 0.303. The number of carbonyl (C=O) groups excluding carboxylic acids is 1. The van der Waals surface area contributed by atoms with E-state index in [2.05, 4.69) is 10.3 Å². The molecule has 8 heteroatoms. The van der Waals surface area contributed by atoms with Gasteiger partial charge in [-0.05, 0) is 30.3 Å². The Labute approximate surface area is 154 Å². The third-order valence-corrected chi connectivity index (χ3v) is 4.76. The molecule has 0 fully saturated rings. The second kappa shape index (κ2) is 7.49. The molecule has 3 rings (SSSR count). The van der Waals surface area contributed by atoms with Gasteiger partial charge in [0, 0.05) is 5.56 Å². The van der Waals surface area contributed by atoms with Gasteiger partial charge in [-0.25, -0.2) is 4.98 Å². The number of benzene rings is 2. The fourth-order valence-electron chi connectivity index (χ4n) is 2.49. The summed E-state index contributed by atoms with van der Waals surface area (Å²) < 4.78 is 21.9. The number of fused-ring (bicyclic) bond motifs is 1. The summed E-state index contributed by atoms with van der Waals surface area (Å²) in [6, 6.07) is 8.53. The van der Waals surface area contributed by atoms with Crippen molar-refractivity contribution in [3.8, 4) is 23.0 Å². The molecule has 0 radical (unpaired) electrons. The van der Waals surface area contributed by atoms with E-state index >= 15 is 0 Å². The normalized spacial score (nSPS) is 10.5. The Kier molecular flexibility index (Phi) is 5.13. The number of amides is 1. The average molecular weight is 374 g/mol. The van der Waals surface area contributed by atoms with Gasteiger partial charge < -0.3 is 18.9 Å². The van der Waals surface area contributed by atoms with Gasteiger partial charge in [-0.2, -0.15) is 0 Å². The van der Waals surface area contributed by atoms with Crippen LogP contribution in [0.25, 0.3) is 10.2 Å². The summed E-state index contributed by atoms with van der Waals surface area (Å²) in [5.74, 6) is 2.02. The lowest BCUT2D eigenvalue weighted by atomic mass is 10.2. The number of anilines is 1. The zero-order valence-corrected chi connectivity index (χ0v) is 15.6. The second-order valence-corrected chi connectivity index (χ2v) is 6.19. The van der Waals surface area contributed by atoms with Crippen LogP contribution in [-0.2, 0) is 0 Å². The minimum atomic E-state index is -0.303. The maximum absolute atomic E-state index is 12.6. The van der Waals surface area contributed by atoms with Crippen LogP contribution in [0.15, 0.2) is 30.3 Å². The van der Waals surface area contributed by atoms with Crippen molar-refractivity contribution < 1.29 is 23.7 Å². The standard InChI is InChI=1S/C18H18N2O5S/c1-22-11-6-5-10(9-14(11)25-4)17(21)20-18-19-15-12(23-2)7-8-13(24-3)16(15)26-18/h5-9H,1-4H3,(H,19,20,21). The Balaban J connectivity index is 1.92. The molecular weight excluding hydrogens is 356 g/mol. The maximum atomic E-state index is 12.6. The number of carbonyl (C=O) groups is 1. The van der Waals surface area contributed by atoms with E-state index in [1.54, 1.807) is 51.7 Å². The minimum Gasteiger partial charge on any atom is -0.495 e. The van der Waals surface area contributed by atoms with Crippen molar-refractivity contribution in [2.75, 3.05) is 33.8 Å². The number of methoxy groups -OCH3 is 4. The van der Waals surface area contributed by atoms with Crippen molar-refractivity contribution in [3.63, 3.8) is 0 Å². The molecule has 0 atom stereocenters. The summed E-state index contributed by atoms with van der Waals surface area (Å²) in [7, 11) is 6.22. The molecular formula is C18H18N2O5S. The van der Waals surface area contributed by atoms with Gasteiger partial charge in [0.15, 0.2) is 16.6 Å². The SMILES string of the molecule is COc1ccc(C(=O)Nc2nc3c(OC)ccc(OC)c3s2)cc1OC. The molecule has 1 N–H and O–H groups in total. The van der Waals surface area contributed by atoms with Gasteiger partial charge >= 0.3 is 0 Å². The highest BCUT2D eigenvalue weighted by atomic mass is 32.1. The molecule has 1 heterocycles. The lowest BCUT2D eigenvalue weighted by Gasteiger charge is -2.09. The van der Waals surface area contributed by atoms with Gasteiger partial charge in [0.05, 0.1) is 28.4 Å². The molecule has 0 aliphatic rings. The first-order chi connectivity index (χ1) is 12.6. The summed E-state index contributed by atoms with van der Waals surface area (Å²) in [5.41, 5.74) is 1.07. The van der Waals surface area contributed by atoms with Crippen LogP contribution in [0, 0.1) is 0 Å². The summed E-state index contributed by atoms with van der Waals surface area (Å²) in [5, 5.41) is 3.25. The highest BCUT2D eigenvalue weighted by Gasteiger charge is 2.17. The molecule has 1 aromatic heterocycles. The van der Waals surface area contributed by atoms with Gasteiger partial charge in [0.25, 0.3) is 5.91 Å². The number of thiazole rings is 1. The maximum Gasteiger partial charge on any atom is 0.257 e. The van der Waals surface area contributed by atoms with Gasteiger partial charge in [-0.15, -0.1) is 0 Å². The van der Waals surface area contributed by atoms with Crippen LogP contribution in [-0.4, -0.2) is 39.3 Å². The smallest absolute Gasteiger partial charge is 0.257 e. The molecule has 136 valence electrons. The highest BCUT2D eigenvalue weighted by molar-refractivity contribution is 7.22. The van der Waals surface area contributed by atoms with E-state index in [9.17, 15) is 4.79 Å². The third-order valence-electron chi connectivity index (χ3n) is 3.78. The van der Waals surface area contributed by atoms with Crippen LogP contribution in [0.4, 0.5) is 5.13 Å². The number of rotatable bonds is 6. The predicted molar refractivity (Wildman–Crippen MR) is 100 cm³/mol. The van der Waals surface area contributed by atoms with Crippen molar-refractivity contribution in [2.24, 2.45) is 0 Å². The Hall–Kier alpha value is -3.00. The molecule has 0 bridgehead atoms. The molecule has 3 aromatic rings. The highest BCUT2D eigenvalue weighted by Crippen LogP contribution is 2.39. The number of hydrogen-bond donors (Lipinski definition) is 1. The number of hydrogen-bond acceptors (Lipinski definition) is 7. The van der Waals surface area contributed by atoms with Crippen molar-refractivity contribution >= 4 is 32.6 Å². The Morgan fingerprint density at radius 3 is 2.15 bits per heavy atom. The molecule has 0 unspecified atom stereocenters.